The molecule has 1 amide bonds. The molecule has 1 atom stereocenters. The molecular weight excluding hydrogens is 242 g/mol. The standard InChI is InChI=1S/C14H23N3O2/c1-10(18)9-17(3)8-7-14(19)16-13-6-4-5-12(15)11(13)2/h4-6,10,18H,7-9,15H2,1-3H3,(H,16,19). The SMILES string of the molecule is Cc1c(N)cccc1NC(=O)CCN(C)CC(C)O. The molecule has 0 aliphatic rings. The van der Waals surface area contributed by atoms with E-state index in [1.807, 2.05) is 31.0 Å². The molecule has 1 rings (SSSR count). The first-order valence-corrected chi connectivity index (χ1v) is 6.41. The fourth-order valence-electron chi connectivity index (χ4n) is 1.84. The monoisotopic (exact) mass is 265 g/mol. The molecule has 0 aliphatic heterocycles. The maximum atomic E-state index is 11.8. The summed E-state index contributed by atoms with van der Waals surface area (Å²) in [5, 5.41) is 12.1. The van der Waals surface area contributed by atoms with Crippen LogP contribution < -0.4 is 11.1 Å². The van der Waals surface area contributed by atoms with Gasteiger partial charge in [-0.1, -0.05) is 6.07 Å². The van der Waals surface area contributed by atoms with Crippen molar-refractivity contribution in [2.45, 2.75) is 26.4 Å². The second kappa shape index (κ2) is 7.11. The summed E-state index contributed by atoms with van der Waals surface area (Å²) >= 11 is 0. The molecule has 0 fully saturated rings. The van der Waals surface area contributed by atoms with E-state index in [1.165, 1.54) is 0 Å². The summed E-state index contributed by atoms with van der Waals surface area (Å²) in [6.45, 7) is 4.78. The van der Waals surface area contributed by atoms with Crippen molar-refractivity contribution in [1.82, 2.24) is 4.90 Å². The smallest absolute Gasteiger partial charge is 0.225 e. The van der Waals surface area contributed by atoms with Gasteiger partial charge in [0.2, 0.25) is 5.91 Å². The number of carbonyl (C=O) groups is 1. The first-order chi connectivity index (χ1) is 8.90. The van der Waals surface area contributed by atoms with Crippen LogP contribution in [0.15, 0.2) is 18.2 Å². The average molecular weight is 265 g/mol. The summed E-state index contributed by atoms with van der Waals surface area (Å²) in [6, 6.07) is 5.46. The minimum atomic E-state index is -0.385. The van der Waals surface area contributed by atoms with Gasteiger partial charge in [-0.25, -0.2) is 0 Å². The third kappa shape index (κ3) is 5.28. The van der Waals surface area contributed by atoms with Crippen molar-refractivity contribution >= 4 is 17.3 Å². The quantitative estimate of drug-likeness (QED) is 0.676. The lowest BCUT2D eigenvalue weighted by Gasteiger charge is -2.18. The van der Waals surface area contributed by atoms with Crippen LogP contribution in [0.3, 0.4) is 0 Å². The number of nitrogens with zero attached hydrogens (tertiary/aromatic N) is 1. The second-order valence-corrected chi connectivity index (χ2v) is 4.93. The Kier molecular flexibility index (Phi) is 5.79. The van der Waals surface area contributed by atoms with Crippen molar-refractivity contribution in [3.05, 3.63) is 23.8 Å². The molecule has 0 radical (unpaired) electrons. The largest absolute Gasteiger partial charge is 0.398 e. The predicted molar refractivity (Wildman–Crippen MR) is 78.0 cm³/mol. The van der Waals surface area contributed by atoms with Gasteiger partial charge < -0.3 is 21.1 Å². The number of aliphatic hydroxyl groups is 1. The molecule has 0 saturated heterocycles. The van der Waals surface area contributed by atoms with Crippen LogP contribution in [0.5, 0.6) is 0 Å². The molecule has 5 nitrogen and oxygen atoms in total. The summed E-state index contributed by atoms with van der Waals surface area (Å²) in [7, 11) is 1.88. The van der Waals surface area contributed by atoms with Crippen LogP contribution in [0.1, 0.15) is 18.9 Å². The molecule has 0 bridgehead atoms. The van der Waals surface area contributed by atoms with E-state index in [9.17, 15) is 9.90 Å². The normalized spacial score (nSPS) is 12.5. The minimum Gasteiger partial charge on any atom is -0.398 e. The summed E-state index contributed by atoms with van der Waals surface area (Å²) in [6.07, 6.45) is 0.00139. The highest BCUT2D eigenvalue weighted by atomic mass is 16.3. The van der Waals surface area contributed by atoms with Crippen LogP contribution in [-0.2, 0) is 4.79 Å². The summed E-state index contributed by atoms with van der Waals surface area (Å²) in [5.74, 6) is -0.0499. The van der Waals surface area contributed by atoms with Crippen molar-refractivity contribution < 1.29 is 9.90 Å². The molecule has 5 heteroatoms. The zero-order chi connectivity index (χ0) is 14.4. The molecule has 106 valence electrons. The van der Waals surface area contributed by atoms with Crippen LogP contribution in [0.4, 0.5) is 11.4 Å². The Hall–Kier alpha value is -1.59. The number of nitrogens with one attached hydrogen (secondary N) is 1. The van der Waals surface area contributed by atoms with Crippen LogP contribution in [0.25, 0.3) is 0 Å². The Balaban J connectivity index is 2.45. The number of aliphatic hydroxyl groups excluding tert-OH is 1. The number of rotatable bonds is 6. The highest BCUT2D eigenvalue weighted by Gasteiger charge is 2.08. The highest BCUT2D eigenvalue weighted by molar-refractivity contribution is 5.92. The maximum absolute atomic E-state index is 11.8. The van der Waals surface area contributed by atoms with Gasteiger partial charge in [-0.05, 0) is 38.6 Å². The van der Waals surface area contributed by atoms with Gasteiger partial charge in [0.25, 0.3) is 0 Å². The van der Waals surface area contributed by atoms with Gasteiger partial charge >= 0.3 is 0 Å². The van der Waals surface area contributed by atoms with E-state index in [-0.39, 0.29) is 12.0 Å². The molecule has 0 aromatic heterocycles. The number of hydrogen-bond donors (Lipinski definition) is 3. The molecule has 0 saturated carbocycles. The first-order valence-electron chi connectivity index (χ1n) is 6.41. The van der Waals surface area contributed by atoms with Gasteiger partial charge in [0.05, 0.1) is 6.10 Å². The van der Waals surface area contributed by atoms with Gasteiger partial charge in [0.1, 0.15) is 0 Å². The number of amides is 1. The molecular formula is C14H23N3O2. The van der Waals surface area contributed by atoms with Gasteiger partial charge in [0.15, 0.2) is 0 Å². The van der Waals surface area contributed by atoms with E-state index < -0.39 is 0 Å². The van der Waals surface area contributed by atoms with E-state index in [1.54, 1.807) is 13.0 Å². The van der Waals surface area contributed by atoms with Crippen molar-refractivity contribution in [3.8, 4) is 0 Å². The number of hydrogen-bond acceptors (Lipinski definition) is 4. The zero-order valence-corrected chi connectivity index (χ0v) is 11.8. The van der Waals surface area contributed by atoms with Crippen molar-refractivity contribution in [2.75, 3.05) is 31.2 Å². The van der Waals surface area contributed by atoms with Gasteiger partial charge in [-0.3, -0.25) is 4.79 Å². The zero-order valence-electron chi connectivity index (χ0n) is 11.8. The maximum Gasteiger partial charge on any atom is 0.225 e. The van der Waals surface area contributed by atoms with Crippen molar-refractivity contribution in [2.24, 2.45) is 0 Å². The second-order valence-electron chi connectivity index (χ2n) is 4.93. The summed E-state index contributed by atoms with van der Waals surface area (Å²) in [4.78, 5) is 13.8. The highest BCUT2D eigenvalue weighted by Crippen LogP contribution is 2.20. The van der Waals surface area contributed by atoms with E-state index in [0.717, 1.165) is 11.3 Å². The number of carbonyl (C=O) groups excluding carboxylic acids is 1. The van der Waals surface area contributed by atoms with Crippen molar-refractivity contribution in [1.29, 1.82) is 0 Å². The van der Waals surface area contributed by atoms with Crippen LogP contribution in [0, 0.1) is 6.92 Å². The summed E-state index contributed by atoms with van der Waals surface area (Å²) < 4.78 is 0. The molecule has 0 spiro atoms. The number of benzene rings is 1. The number of likely N-dealkylation sites (N-methyl/N-ethyl adjacent to an activating group) is 1. The fraction of sp³-hybridized carbons (Fsp3) is 0.500. The number of nitrogens with two attached hydrogens (primary N) is 1. The Labute approximate surface area is 114 Å². The molecule has 0 heterocycles. The molecule has 1 aromatic carbocycles. The van der Waals surface area contributed by atoms with E-state index in [4.69, 9.17) is 5.73 Å². The summed E-state index contributed by atoms with van der Waals surface area (Å²) in [5.41, 5.74) is 8.09. The predicted octanol–water partition coefficient (Wildman–Crippen LogP) is 1.22. The van der Waals surface area contributed by atoms with Crippen molar-refractivity contribution in [3.63, 3.8) is 0 Å². The van der Waals surface area contributed by atoms with E-state index >= 15 is 0 Å². The number of nitrogen functional groups attached to an aromatic ring is 1. The van der Waals surface area contributed by atoms with Crippen LogP contribution in [0.2, 0.25) is 0 Å². The average Bonchev–Trinajstić information content (AvgIpc) is 2.32. The Morgan fingerprint density at radius 3 is 2.84 bits per heavy atom. The van der Waals surface area contributed by atoms with Crippen LogP contribution in [-0.4, -0.2) is 42.2 Å². The van der Waals surface area contributed by atoms with Gasteiger partial charge in [0, 0.05) is 30.9 Å². The first kappa shape index (κ1) is 15.5. The molecule has 19 heavy (non-hydrogen) atoms. The third-order valence-electron chi connectivity index (χ3n) is 2.95. The van der Waals surface area contributed by atoms with Crippen LogP contribution >= 0.6 is 0 Å². The Bertz CT molecular complexity index is 433. The minimum absolute atomic E-state index is 0.0499. The Morgan fingerprint density at radius 2 is 2.21 bits per heavy atom. The molecule has 1 aromatic rings. The fourth-order valence-corrected chi connectivity index (χ4v) is 1.84. The van der Waals surface area contributed by atoms with Gasteiger partial charge in [-0.15, -0.1) is 0 Å². The Morgan fingerprint density at radius 1 is 1.53 bits per heavy atom. The molecule has 1 unspecified atom stereocenters. The van der Waals surface area contributed by atoms with Gasteiger partial charge in [-0.2, -0.15) is 0 Å². The lowest BCUT2D eigenvalue weighted by Crippen LogP contribution is -2.30. The number of anilines is 2. The topological polar surface area (TPSA) is 78.6 Å². The lowest BCUT2D eigenvalue weighted by atomic mass is 10.1. The van der Waals surface area contributed by atoms with E-state index in [0.29, 0.717) is 25.2 Å². The third-order valence-corrected chi connectivity index (χ3v) is 2.95. The molecule has 4 N–H and O–H groups in total. The van der Waals surface area contributed by atoms with E-state index in [2.05, 4.69) is 5.32 Å². The molecule has 0 aliphatic carbocycles. The lowest BCUT2D eigenvalue weighted by molar-refractivity contribution is -0.116.